The van der Waals surface area contributed by atoms with Crippen molar-refractivity contribution < 1.29 is 9.53 Å². The van der Waals surface area contributed by atoms with Crippen LogP contribution in [0.15, 0.2) is 0 Å². The van der Waals surface area contributed by atoms with Crippen LogP contribution in [0.2, 0.25) is 0 Å². The molecule has 0 bridgehead atoms. The summed E-state index contributed by atoms with van der Waals surface area (Å²) in [6, 6.07) is 0.431. The van der Waals surface area contributed by atoms with Crippen molar-refractivity contribution in [3.8, 4) is 0 Å². The molecule has 0 aromatic rings. The Kier molecular flexibility index (Phi) is 6.14. The second-order valence-corrected chi connectivity index (χ2v) is 6.59. The van der Waals surface area contributed by atoms with Crippen molar-refractivity contribution in [2.75, 3.05) is 13.7 Å². The van der Waals surface area contributed by atoms with Gasteiger partial charge in [-0.25, -0.2) is 4.79 Å². The van der Waals surface area contributed by atoms with Gasteiger partial charge in [0.15, 0.2) is 0 Å². The zero-order valence-electron chi connectivity index (χ0n) is 13.0. The third-order valence-electron chi connectivity index (χ3n) is 4.91. The molecule has 2 rings (SSSR count). The van der Waals surface area contributed by atoms with Crippen LogP contribution in [0.5, 0.6) is 0 Å². The molecule has 20 heavy (non-hydrogen) atoms. The Balaban J connectivity index is 1.87. The Bertz CT molecular complexity index is 281. The molecule has 0 saturated heterocycles. The third kappa shape index (κ3) is 4.37. The molecule has 2 aliphatic carbocycles. The number of carbonyl (C=O) groups excluding carboxylic acids is 1. The van der Waals surface area contributed by atoms with E-state index < -0.39 is 0 Å². The fourth-order valence-electron chi connectivity index (χ4n) is 3.96. The van der Waals surface area contributed by atoms with E-state index in [0.29, 0.717) is 24.5 Å². The smallest absolute Gasteiger partial charge is 0.315 e. The summed E-state index contributed by atoms with van der Waals surface area (Å²) in [5.74, 6) is 1.39. The number of rotatable bonds is 6. The summed E-state index contributed by atoms with van der Waals surface area (Å²) in [5, 5.41) is 6.27. The van der Waals surface area contributed by atoms with E-state index in [4.69, 9.17) is 4.74 Å². The normalized spacial score (nSPS) is 22.4. The predicted molar refractivity (Wildman–Crippen MR) is 80.7 cm³/mol. The lowest BCUT2D eigenvalue weighted by atomic mass is 9.86. The Labute approximate surface area is 123 Å². The summed E-state index contributed by atoms with van der Waals surface area (Å²) < 4.78 is 5.07. The summed E-state index contributed by atoms with van der Waals surface area (Å²) >= 11 is 0. The van der Waals surface area contributed by atoms with E-state index in [0.717, 1.165) is 0 Å². The molecule has 0 aliphatic heterocycles. The summed E-state index contributed by atoms with van der Waals surface area (Å²) in [6.07, 6.45) is 10.5. The number of amides is 2. The predicted octanol–water partition coefficient (Wildman–Crippen LogP) is 3.07. The maximum Gasteiger partial charge on any atom is 0.315 e. The highest BCUT2D eigenvalue weighted by molar-refractivity contribution is 5.74. The first-order valence-corrected chi connectivity index (χ1v) is 8.26. The topological polar surface area (TPSA) is 50.4 Å². The van der Waals surface area contributed by atoms with E-state index >= 15 is 0 Å². The number of urea groups is 1. The van der Waals surface area contributed by atoms with Crippen molar-refractivity contribution in [3.63, 3.8) is 0 Å². The van der Waals surface area contributed by atoms with E-state index in [1.807, 2.05) is 6.92 Å². The van der Waals surface area contributed by atoms with Crippen molar-refractivity contribution >= 4 is 6.03 Å². The number of nitrogens with one attached hydrogen (secondary N) is 2. The molecule has 116 valence electrons. The van der Waals surface area contributed by atoms with Crippen LogP contribution in [0, 0.1) is 11.8 Å². The van der Waals surface area contributed by atoms with Gasteiger partial charge >= 0.3 is 6.03 Å². The highest BCUT2D eigenvalue weighted by Gasteiger charge is 2.34. The van der Waals surface area contributed by atoms with Gasteiger partial charge in [-0.05, 0) is 44.4 Å². The Hall–Kier alpha value is -0.770. The van der Waals surface area contributed by atoms with Gasteiger partial charge in [-0.1, -0.05) is 25.7 Å². The summed E-state index contributed by atoms with van der Waals surface area (Å²) in [4.78, 5) is 12.2. The fraction of sp³-hybridized carbons (Fsp3) is 0.938. The number of ether oxygens (including phenoxy) is 1. The van der Waals surface area contributed by atoms with Crippen molar-refractivity contribution in [1.82, 2.24) is 10.6 Å². The number of hydrogen-bond donors (Lipinski definition) is 2. The van der Waals surface area contributed by atoms with Gasteiger partial charge in [0, 0.05) is 13.2 Å². The molecular weight excluding hydrogens is 252 g/mol. The van der Waals surface area contributed by atoms with Crippen LogP contribution in [0.3, 0.4) is 0 Å². The van der Waals surface area contributed by atoms with Gasteiger partial charge in [-0.3, -0.25) is 0 Å². The lowest BCUT2D eigenvalue weighted by Crippen LogP contribution is -2.51. The first kappa shape index (κ1) is 15.6. The summed E-state index contributed by atoms with van der Waals surface area (Å²) in [5.41, 5.74) is 0. The van der Waals surface area contributed by atoms with Crippen molar-refractivity contribution in [2.45, 2.75) is 70.4 Å². The van der Waals surface area contributed by atoms with Crippen molar-refractivity contribution in [2.24, 2.45) is 11.8 Å². The molecule has 1 atom stereocenters. The Morgan fingerprint density at radius 2 is 1.55 bits per heavy atom. The van der Waals surface area contributed by atoms with Crippen LogP contribution in [-0.4, -0.2) is 31.8 Å². The molecule has 0 spiro atoms. The first-order valence-electron chi connectivity index (χ1n) is 8.26. The third-order valence-corrected chi connectivity index (χ3v) is 4.91. The quantitative estimate of drug-likeness (QED) is 0.786. The molecule has 2 N–H and O–H groups in total. The minimum absolute atomic E-state index is 0.0154. The zero-order chi connectivity index (χ0) is 14.4. The van der Waals surface area contributed by atoms with E-state index in [9.17, 15) is 4.79 Å². The van der Waals surface area contributed by atoms with Crippen LogP contribution >= 0.6 is 0 Å². The highest BCUT2D eigenvalue weighted by Crippen LogP contribution is 2.37. The SMILES string of the molecule is COCC(C)NC(=O)NC(C1CCCC1)C1CCCC1. The Morgan fingerprint density at radius 3 is 2.00 bits per heavy atom. The molecule has 1 unspecified atom stereocenters. The molecule has 0 aromatic carbocycles. The largest absolute Gasteiger partial charge is 0.383 e. The monoisotopic (exact) mass is 282 g/mol. The van der Waals surface area contributed by atoms with Gasteiger partial charge < -0.3 is 15.4 Å². The van der Waals surface area contributed by atoms with Crippen LogP contribution in [0.4, 0.5) is 4.79 Å². The van der Waals surface area contributed by atoms with E-state index in [1.165, 1.54) is 51.4 Å². The van der Waals surface area contributed by atoms with Gasteiger partial charge in [-0.2, -0.15) is 0 Å². The molecule has 0 heterocycles. The summed E-state index contributed by atoms with van der Waals surface area (Å²) in [6.45, 7) is 2.54. The summed E-state index contributed by atoms with van der Waals surface area (Å²) in [7, 11) is 1.66. The average molecular weight is 282 g/mol. The maximum absolute atomic E-state index is 12.2. The molecular formula is C16H30N2O2. The van der Waals surface area contributed by atoms with Gasteiger partial charge in [0.2, 0.25) is 0 Å². The molecule has 2 aliphatic rings. The van der Waals surface area contributed by atoms with Gasteiger partial charge in [0.25, 0.3) is 0 Å². The van der Waals surface area contributed by atoms with Gasteiger partial charge in [0.1, 0.15) is 0 Å². The molecule has 0 aromatic heterocycles. The van der Waals surface area contributed by atoms with Crippen LogP contribution in [0.1, 0.15) is 58.3 Å². The lowest BCUT2D eigenvalue weighted by Gasteiger charge is -2.30. The standard InChI is InChI=1S/C16H30N2O2/c1-12(11-20-2)17-16(19)18-15(13-7-3-4-8-13)14-9-5-6-10-14/h12-15H,3-11H2,1-2H3,(H2,17,18,19). The number of carbonyl (C=O) groups is 1. The average Bonchev–Trinajstić information content (AvgIpc) is 3.10. The lowest BCUT2D eigenvalue weighted by molar-refractivity contribution is 0.167. The van der Waals surface area contributed by atoms with Crippen LogP contribution < -0.4 is 10.6 Å². The van der Waals surface area contributed by atoms with E-state index in [1.54, 1.807) is 7.11 Å². The highest BCUT2D eigenvalue weighted by atomic mass is 16.5. The second kappa shape index (κ2) is 7.87. The van der Waals surface area contributed by atoms with Gasteiger partial charge in [0.05, 0.1) is 12.6 Å². The fourth-order valence-corrected chi connectivity index (χ4v) is 3.96. The van der Waals surface area contributed by atoms with E-state index in [-0.39, 0.29) is 12.1 Å². The first-order chi connectivity index (χ1) is 9.70. The second-order valence-electron chi connectivity index (χ2n) is 6.59. The Morgan fingerprint density at radius 1 is 1.05 bits per heavy atom. The van der Waals surface area contributed by atoms with Gasteiger partial charge in [-0.15, -0.1) is 0 Å². The van der Waals surface area contributed by atoms with E-state index in [2.05, 4.69) is 10.6 Å². The number of hydrogen-bond acceptors (Lipinski definition) is 2. The van der Waals surface area contributed by atoms with Crippen molar-refractivity contribution in [3.05, 3.63) is 0 Å². The molecule has 2 amide bonds. The van der Waals surface area contributed by atoms with Crippen molar-refractivity contribution in [1.29, 1.82) is 0 Å². The maximum atomic E-state index is 12.2. The zero-order valence-corrected chi connectivity index (χ0v) is 13.0. The molecule has 4 nitrogen and oxygen atoms in total. The molecule has 0 radical (unpaired) electrons. The minimum atomic E-state index is -0.0154. The minimum Gasteiger partial charge on any atom is -0.383 e. The number of methoxy groups -OCH3 is 1. The van der Waals surface area contributed by atoms with Crippen LogP contribution in [0.25, 0.3) is 0 Å². The molecule has 2 fully saturated rings. The molecule has 4 heteroatoms. The molecule has 2 saturated carbocycles. The van der Waals surface area contributed by atoms with Crippen LogP contribution in [-0.2, 0) is 4.74 Å².